The van der Waals surface area contributed by atoms with Crippen molar-refractivity contribution in [2.45, 2.75) is 32.8 Å². The van der Waals surface area contributed by atoms with Gasteiger partial charge in [0.15, 0.2) is 0 Å². The van der Waals surface area contributed by atoms with Gasteiger partial charge in [0.25, 0.3) is 0 Å². The predicted octanol–water partition coefficient (Wildman–Crippen LogP) is 5.25. The van der Waals surface area contributed by atoms with Gasteiger partial charge in [-0.05, 0) is 12.0 Å². The van der Waals surface area contributed by atoms with Crippen LogP contribution >= 0.6 is 0 Å². The molecule has 0 saturated heterocycles. The van der Waals surface area contributed by atoms with Crippen LogP contribution in [0.5, 0.6) is 0 Å². The Morgan fingerprint density at radius 2 is 1.60 bits per heavy atom. The Bertz CT molecular complexity index is 678. The molecular formula is C22H27NO2. The summed E-state index contributed by atoms with van der Waals surface area (Å²) in [6.07, 6.45) is 2.39. The van der Waals surface area contributed by atoms with Gasteiger partial charge in [-0.25, -0.2) is 0 Å². The van der Waals surface area contributed by atoms with Crippen LogP contribution < -0.4 is 5.73 Å². The Morgan fingerprint density at radius 1 is 0.960 bits per heavy atom. The molecule has 0 fully saturated rings. The maximum Gasteiger partial charge on any atom is 0.127 e. The molecule has 0 spiro atoms. The van der Waals surface area contributed by atoms with Gasteiger partial charge in [0.1, 0.15) is 11.5 Å². The van der Waals surface area contributed by atoms with Crippen LogP contribution in [0.15, 0.2) is 78.7 Å². The van der Waals surface area contributed by atoms with E-state index in [9.17, 15) is 0 Å². The van der Waals surface area contributed by atoms with Gasteiger partial charge in [-0.2, -0.15) is 0 Å². The molecule has 25 heavy (non-hydrogen) atoms. The summed E-state index contributed by atoms with van der Waals surface area (Å²) in [6.45, 7) is 7.28. The van der Waals surface area contributed by atoms with Crippen LogP contribution in [0.1, 0.15) is 37.3 Å². The topological polar surface area (TPSA) is 44.5 Å². The van der Waals surface area contributed by atoms with Crippen molar-refractivity contribution in [1.29, 1.82) is 0 Å². The van der Waals surface area contributed by atoms with E-state index in [0.717, 1.165) is 35.4 Å². The second-order valence-corrected chi connectivity index (χ2v) is 5.88. The zero-order valence-corrected chi connectivity index (χ0v) is 14.9. The summed E-state index contributed by atoms with van der Waals surface area (Å²) in [5.74, 6) is 1.41. The summed E-state index contributed by atoms with van der Waals surface area (Å²) in [5.41, 5.74) is 9.09. The Balaban J connectivity index is 1.88. The van der Waals surface area contributed by atoms with E-state index in [1.165, 1.54) is 0 Å². The van der Waals surface area contributed by atoms with Crippen molar-refractivity contribution in [3.63, 3.8) is 0 Å². The lowest BCUT2D eigenvalue weighted by Crippen LogP contribution is -2.09. The summed E-state index contributed by atoms with van der Waals surface area (Å²) in [6, 6.07) is 20.0. The van der Waals surface area contributed by atoms with Crippen molar-refractivity contribution in [3.05, 3.63) is 89.8 Å². The highest BCUT2D eigenvalue weighted by atomic mass is 16.5. The number of allylic oxidation sites excluding steroid dienone is 1. The van der Waals surface area contributed by atoms with Gasteiger partial charge in [-0.1, -0.05) is 74.2 Å². The first-order valence-corrected chi connectivity index (χ1v) is 8.72. The van der Waals surface area contributed by atoms with Crippen LogP contribution in [-0.4, -0.2) is 6.61 Å². The molecule has 0 saturated carbocycles. The standard InChI is InChI=1S/C22H27NO2/c1-3-10-22(25-18(2)20-13-8-5-9-14-20)21(23)15-16-24-17-19-11-6-4-7-12-19/h4-9,11-14H,2-3,10,15-17,23H2,1H3/b22-21-. The molecule has 0 heterocycles. The molecule has 0 bridgehead atoms. The van der Waals surface area contributed by atoms with Crippen LogP contribution in [0.25, 0.3) is 5.76 Å². The Morgan fingerprint density at radius 3 is 2.24 bits per heavy atom. The second kappa shape index (κ2) is 10.4. The Hall–Kier alpha value is -2.52. The third-order valence-electron chi connectivity index (χ3n) is 3.80. The summed E-state index contributed by atoms with van der Waals surface area (Å²) in [5, 5.41) is 0. The van der Waals surface area contributed by atoms with E-state index < -0.39 is 0 Å². The second-order valence-electron chi connectivity index (χ2n) is 5.88. The van der Waals surface area contributed by atoms with E-state index in [4.69, 9.17) is 15.2 Å². The van der Waals surface area contributed by atoms with Gasteiger partial charge in [-0.15, -0.1) is 0 Å². The minimum Gasteiger partial charge on any atom is -0.460 e. The van der Waals surface area contributed by atoms with E-state index in [-0.39, 0.29) is 0 Å². The highest BCUT2D eigenvalue weighted by Crippen LogP contribution is 2.22. The molecule has 2 aromatic carbocycles. The maximum absolute atomic E-state index is 6.24. The molecule has 3 nitrogen and oxygen atoms in total. The monoisotopic (exact) mass is 337 g/mol. The Kier molecular flexibility index (Phi) is 7.80. The minimum atomic E-state index is 0.565. The largest absolute Gasteiger partial charge is 0.460 e. The number of hydrogen-bond acceptors (Lipinski definition) is 3. The Labute approximate surface area is 150 Å². The first-order chi connectivity index (χ1) is 12.2. The van der Waals surface area contributed by atoms with Crippen LogP contribution in [0.3, 0.4) is 0 Å². The van der Waals surface area contributed by atoms with E-state index in [2.05, 4.69) is 25.6 Å². The molecule has 0 aromatic heterocycles. The average Bonchev–Trinajstić information content (AvgIpc) is 2.66. The maximum atomic E-state index is 6.24. The van der Waals surface area contributed by atoms with E-state index >= 15 is 0 Å². The lowest BCUT2D eigenvalue weighted by molar-refractivity contribution is 0.122. The number of rotatable bonds is 10. The summed E-state index contributed by atoms with van der Waals surface area (Å²) in [7, 11) is 0. The fraction of sp³-hybridized carbons (Fsp3) is 0.273. The number of hydrogen-bond donors (Lipinski definition) is 1. The molecule has 2 N–H and O–H groups in total. The van der Waals surface area contributed by atoms with E-state index in [1.807, 2.05) is 48.5 Å². The van der Waals surface area contributed by atoms with Crippen LogP contribution in [-0.2, 0) is 16.1 Å². The molecule has 2 aromatic rings. The fourth-order valence-electron chi connectivity index (χ4n) is 2.42. The molecule has 0 aliphatic rings. The van der Waals surface area contributed by atoms with Crippen LogP contribution in [0.2, 0.25) is 0 Å². The highest BCUT2D eigenvalue weighted by Gasteiger charge is 2.08. The predicted molar refractivity (Wildman–Crippen MR) is 103 cm³/mol. The minimum absolute atomic E-state index is 0.565. The third kappa shape index (κ3) is 6.48. The van der Waals surface area contributed by atoms with Crippen LogP contribution in [0, 0.1) is 0 Å². The van der Waals surface area contributed by atoms with Crippen LogP contribution in [0.4, 0.5) is 0 Å². The molecule has 132 valence electrons. The number of benzene rings is 2. The lowest BCUT2D eigenvalue weighted by atomic mass is 10.2. The van der Waals surface area contributed by atoms with Crippen molar-refractivity contribution >= 4 is 5.76 Å². The van der Waals surface area contributed by atoms with Gasteiger partial charge < -0.3 is 15.2 Å². The van der Waals surface area contributed by atoms with Crippen molar-refractivity contribution < 1.29 is 9.47 Å². The van der Waals surface area contributed by atoms with Gasteiger partial charge >= 0.3 is 0 Å². The van der Waals surface area contributed by atoms with Gasteiger partial charge in [-0.3, -0.25) is 0 Å². The van der Waals surface area contributed by atoms with Crippen molar-refractivity contribution in [1.82, 2.24) is 0 Å². The van der Waals surface area contributed by atoms with Crippen molar-refractivity contribution in [2.75, 3.05) is 6.61 Å². The van der Waals surface area contributed by atoms with Crippen molar-refractivity contribution in [3.8, 4) is 0 Å². The summed E-state index contributed by atoms with van der Waals surface area (Å²) >= 11 is 0. The fourth-order valence-corrected chi connectivity index (χ4v) is 2.42. The SMILES string of the molecule is C=C(O/C(CCC)=C(\N)CCOCc1ccccc1)c1ccccc1. The molecule has 0 amide bonds. The molecule has 3 heteroatoms. The van der Waals surface area contributed by atoms with E-state index in [0.29, 0.717) is 25.4 Å². The molecule has 0 aliphatic carbocycles. The molecule has 0 aliphatic heterocycles. The van der Waals surface area contributed by atoms with Gasteiger partial charge in [0.2, 0.25) is 0 Å². The summed E-state index contributed by atoms with van der Waals surface area (Å²) < 4.78 is 11.7. The van der Waals surface area contributed by atoms with E-state index in [1.54, 1.807) is 0 Å². The summed E-state index contributed by atoms with van der Waals surface area (Å²) in [4.78, 5) is 0. The molecule has 0 atom stereocenters. The normalized spacial score (nSPS) is 11.7. The number of nitrogens with two attached hydrogens (primary N) is 1. The average molecular weight is 337 g/mol. The van der Waals surface area contributed by atoms with Gasteiger partial charge in [0, 0.05) is 24.1 Å². The first kappa shape index (κ1) is 18.8. The smallest absolute Gasteiger partial charge is 0.127 e. The molecule has 2 rings (SSSR count). The van der Waals surface area contributed by atoms with Gasteiger partial charge in [0.05, 0.1) is 13.2 Å². The molecule has 0 radical (unpaired) electrons. The zero-order valence-electron chi connectivity index (χ0n) is 14.9. The quantitative estimate of drug-likeness (QED) is 0.475. The first-order valence-electron chi connectivity index (χ1n) is 8.72. The zero-order chi connectivity index (χ0) is 17.9. The number of ether oxygens (including phenoxy) is 2. The molecular weight excluding hydrogens is 310 g/mol. The third-order valence-corrected chi connectivity index (χ3v) is 3.80. The van der Waals surface area contributed by atoms with Crippen molar-refractivity contribution in [2.24, 2.45) is 5.73 Å². The highest BCUT2D eigenvalue weighted by molar-refractivity contribution is 5.58. The lowest BCUT2D eigenvalue weighted by Gasteiger charge is -2.15. The molecule has 0 unspecified atom stereocenters.